The fourth-order valence-electron chi connectivity index (χ4n) is 2.79. The molecule has 0 aliphatic heterocycles. The fourth-order valence-corrected chi connectivity index (χ4v) is 2.79. The van der Waals surface area contributed by atoms with E-state index in [1.165, 1.54) is 25.1 Å². The maximum absolute atomic E-state index is 13.4. The van der Waals surface area contributed by atoms with Crippen LogP contribution >= 0.6 is 0 Å². The lowest BCUT2D eigenvalue weighted by Crippen LogP contribution is -2.52. The summed E-state index contributed by atoms with van der Waals surface area (Å²) < 4.78 is 18.5. The number of hydrogen-bond donors (Lipinski definition) is 3. The zero-order valence-corrected chi connectivity index (χ0v) is 16.8. The first kappa shape index (κ1) is 23.5. The van der Waals surface area contributed by atoms with Crippen molar-refractivity contribution < 1.29 is 33.4 Å². The van der Waals surface area contributed by atoms with Crippen molar-refractivity contribution in [2.75, 3.05) is 0 Å². The molecule has 164 valence electrons. The van der Waals surface area contributed by atoms with E-state index in [0.717, 1.165) is 5.56 Å². The van der Waals surface area contributed by atoms with Gasteiger partial charge in [0.2, 0.25) is 11.8 Å². The maximum atomic E-state index is 13.4. The van der Waals surface area contributed by atoms with Crippen LogP contribution in [0.5, 0.6) is 0 Å². The number of benzene rings is 2. The molecule has 2 aromatic carbocycles. The number of carboxylic acids is 1. The molecule has 0 fully saturated rings. The Balaban J connectivity index is 2.00. The molecule has 0 aliphatic carbocycles. The first-order valence-corrected chi connectivity index (χ1v) is 9.49. The van der Waals surface area contributed by atoms with Gasteiger partial charge in [0.25, 0.3) is 0 Å². The molecule has 2 aromatic rings. The van der Waals surface area contributed by atoms with E-state index in [-0.39, 0.29) is 13.0 Å². The summed E-state index contributed by atoms with van der Waals surface area (Å²) >= 11 is 0. The minimum absolute atomic E-state index is 0.0337. The summed E-state index contributed by atoms with van der Waals surface area (Å²) in [6, 6.07) is 11.6. The van der Waals surface area contributed by atoms with Crippen LogP contribution in [0, 0.1) is 5.82 Å². The van der Waals surface area contributed by atoms with Crippen LogP contribution in [0.25, 0.3) is 0 Å². The monoisotopic (exact) mass is 430 g/mol. The van der Waals surface area contributed by atoms with Gasteiger partial charge in [-0.05, 0) is 23.3 Å². The fraction of sp³-hybridized carbons (Fsp3) is 0.273. The zero-order valence-electron chi connectivity index (χ0n) is 16.8. The largest absolute Gasteiger partial charge is 0.480 e. The topological polar surface area (TPSA) is 122 Å². The van der Waals surface area contributed by atoms with E-state index >= 15 is 0 Å². The van der Waals surface area contributed by atoms with Crippen LogP contribution in [0.1, 0.15) is 24.5 Å². The summed E-state index contributed by atoms with van der Waals surface area (Å²) in [5, 5.41) is 14.0. The van der Waals surface area contributed by atoms with Gasteiger partial charge in [0, 0.05) is 13.3 Å². The van der Waals surface area contributed by atoms with E-state index in [1.807, 2.05) is 0 Å². The number of carbonyl (C=O) groups excluding carboxylic acids is 3. The highest BCUT2D eigenvalue weighted by Crippen LogP contribution is 2.08. The average Bonchev–Trinajstić information content (AvgIpc) is 2.71. The third-order valence-electron chi connectivity index (χ3n) is 4.25. The van der Waals surface area contributed by atoms with Crippen molar-refractivity contribution in [2.45, 2.75) is 38.5 Å². The number of nitrogens with one attached hydrogen (secondary N) is 2. The standard InChI is InChI=1S/C22H23FN2O6/c1-14(26)24-18(11-16-8-5-9-17(23)10-16)21(28)25-19(22(29)30)12-20(27)31-13-15-6-3-2-4-7-15/h2-10,18-19H,11-13H2,1H3,(H,24,26)(H,25,28)(H,29,30)/t18-,19+/m0/s1. The van der Waals surface area contributed by atoms with Gasteiger partial charge in [0.15, 0.2) is 0 Å². The molecule has 0 saturated heterocycles. The Morgan fingerprint density at radius 3 is 2.26 bits per heavy atom. The lowest BCUT2D eigenvalue weighted by molar-refractivity contribution is -0.151. The van der Waals surface area contributed by atoms with Crippen molar-refractivity contribution in [3.05, 3.63) is 71.5 Å². The van der Waals surface area contributed by atoms with Crippen LogP contribution in [-0.4, -0.2) is 40.9 Å². The molecule has 0 spiro atoms. The van der Waals surface area contributed by atoms with E-state index < -0.39 is 48.1 Å². The highest BCUT2D eigenvalue weighted by Gasteiger charge is 2.28. The van der Waals surface area contributed by atoms with Crippen LogP contribution in [-0.2, 0) is 36.9 Å². The van der Waals surface area contributed by atoms with E-state index in [1.54, 1.807) is 36.4 Å². The van der Waals surface area contributed by atoms with Gasteiger partial charge in [-0.2, -0.15) is 0 Å². The van der Waals surface area contributed by atoms with Gasteiger partial charge >= 0.3 is 11.9 Å². The molecule has 2 rings (SSSR count). The van der Waals surface area contributed by atoms with Crippen LogP contribution in [0.15, 0.2) is 54.6 Å². The summed E-state index contributed by atoms with van der Waals surface area (Å²) in [7, 11) is 0. The predicted octanol–water partition coefficient (Wildman–Crippen LogP) is 1.58. The number of amides is 2. The summed E-state index contributed by atoms with van der Waals surface area (Å²) in [4.78, 5) is 47.7. The van der Waals surface area contributed by atoms with Crippen molar-refractivity contribution in [1.82, 2.24) is 10.6 Å². The van der Waals surface area contributed by atoms with Crippen LogP contribution in [0.2, 0.25) is 0 Å². The van der Waals surface area contributed by atoms with Gasteiger partial charge in [0.1, 0.15) is 24.5 Å². The molecule has 2 amide bonds. The number of rotatable bonds is 10. The molecule has 8 nitrogen and oxygen atoms in total. The van der Waals surface area contributed by atoms with E-state index in [9.17, 15) is 28.7 Å². The molecule has 0 radical (unpaired) electrons. The molecule has 0 unspecified atom stereocenters. The second kappa shape index (κ2) is 11.4. The van der Waals surface area contributed by atoms with Gasteiger partial charge in [-0.3, -0.25) is 14.4 Å². The minimum Gasteiger partial charge on any atom is -0.480 e. The van der Waals surface area contributed by atoms with Crippen molar-refractivity contribution >= 4 is 23.8 Å². The normalized spacial score (nSPS) is 12.3. The molecule has 0 aliphatic rings. The quantitative estimate of drug-likeness (QED) is 0.492. The van der Waals surface area contributed by atoms with E-state index in [2.05, 4.69) is 10.6 Å². The van der Waals surface area contributed by atoms with E-state index in [0.29, 0.717) is 5.56 Å². The average molecular weight is 430 g/mol. The first-order chi connectivity index (χ1) is 14.7. The van der Waals surface area contributed by atoms with Gasteiger partial charge < -0.3 is 20.5 Å². The Hall–Kier alpha value is -3.75. The Morgan fingerprint density at radius 1 is 0.968 bits per heavy atom. The van der Waals surface area contributed by atoms with Gasteiger partial charge in [0.05, 0.1) is 6.42 Å². The third-order valence-corrected chi connectivity index (χ3v) is 4.25. The molecule has 0 aromatic heterocycles. The smallest absolute Gasteiger partial charge is 0.326 e. The number of esters is 1. The summed E-state index contributed by atoms with van der Waals surface area (Å²) in [5.74, 6) is -4.09. The highest BCUT2D eigenvalue weighted by molar-refractivity contribution is 5.91. The summed E-state index contributed by atoms with van der Waals surface area (Å²) in [6.07, 6.45) is -0.658. The predicted molar refractivity (Wildman–Crippen MR) is 108 cm³/mol. The molecule has 2 atom stereocenters. The number of ether oxygens (including phenoxy) is 1. The molecule has 0 saturated carbocycles. The van der Waals surface area contributed by atoms with Crippen LogP contribution < -0.4 is 10.6 Å². The summed E-state index contributed by atoms with van der Waals surface area (Å²) in [5.41, 5.74) is 1.16. The molecular formula is C22H23FN2O6. The second-order valence-corrected chi connectivity index (χ2v) is 6.84. The molecule has 9 heteroatoms. The molecule has 0 heterocycles. The third kappa shape index (κ3) is 8.25. The van der Waals surface area contributed by atoms with E-state index in [4.69, 9.17) is 4.74 Å². The van der Waals surface area contributed by atoms with Gasteiger partial charge in [-0.15, -0.1) is 0 Å². The van der Waals surface area contributed by atoms with Gasteiger partial charge in [-0.25, -0.2) is 9.18 Å². The Morgan fingerprint density at radius 2 is 1.65 bits per heavy atom. The second-order valence-electron chi connectivity index (χ2n) is 6.84. The molecule has 0 bridgehead atoms. The Labute approximate surface area is 178 Å². The van der Waals surface area contributed by atoms with Crippen molar-refractivity contribution in [2.24, 2.45) is 0 Å². The lowest BCUT2D eigenvalue weighted by Gasteiger charge is -2.21. The van der Waals surface area contributed by atoms with Crippen molar-refractivity contribution in [3.63, 3.8) is 0 Å². The van der Waals surface area contributed by atoms with Gasteiger partial charge in [-0.1, -0.05) is 42.5 Å². The van der Waals surface area contributed by atoms with Crippen LogP contribution in [0.4, 0.5) is 4.39 Å². The number of hydrogen-bond acceptors (Lipinski definition) is 5. The number of halogens is 1. The molecule has 31 heavy (non-hydrogen) atoms. The van der Waals surface area contributed by atoms with Crippen molar-refractivity contribution in [1.29, 1.82) is 0 Å². The van der Waals surface area contributed by atoms with Crippen molar-refractivity contribution in [3.8, 4) is 0 Å². The first-order valence-electron chi connectivity index (χ1n) is 9.49. The minimum atomic E-state index is -1.56. The molecule has 3 N–H and O–H groups in total. The zero-order chi connectivity index (χ0) is 22.8. The maximum Gasteiger partial charge on any atom is 0.326 e. The lowest BCUT2D eigenvalue weighted by atomic mass is 10.0. The Kier molecular flexibility index (Phi) is 8.68. The number of carbonyl (C=O) groups is 4. The molecular weight excluding hydrogens is 407 g/mol. The SMILES string of the molecule is CC(=O)N[C@@H](Cc1cccc(F)c1)C(=O)N[C@H](CC(=O)OCc1ccccc1)C(=O)O. The summed E-state index contributed by atoms with van der Waals surface area (Å²) in [6.45, 7) is 1.16. The Bertz CT molecular complexity index is 935. The number of aliphatic carboxylic acids is 1. The number of carboxylic acid groups (broad SMARTS) is 1. The van der Waals surface area contributed by atoms with Crippen LogP contribution in [0.3, 0.4) is 0 Å². The highest BCUT2D eigenvalue weighted by atomic mass is 19.1.